The van der Waals surface area contributed by atoms with E-state index in [1.54, 1.807) is 26.4 Å². The van der Waals surface area contributed by atoms with E-state index in [0.29, 0.717) is 35.8 Å². The smallest absolute Gasteiger partial charge is 0.238 e. The Morgan fingerprint density at radius 3 is 2.48 bits per heavy atom. The normalized spacial score (nSPS) is 16.0. The van der Waals surface area contributed by atoms with Crippen LogP contribution >= 0.6 is 0 Å². The van der Waals surface area contributed by atoms with Crippen LogP contribution in [0.15, 0.2) is 18.2 Å². The standard InChI is InChI=1S/C19H30N2O4/c1-14(2)13-25-16-7-9-21(10-8-16)12-19(22)20-15-5-6-17(23-3)18(11-15)24-4/h5-6,11,14,16H,7-10,12-13H2,1-4H3,(H,20,22). The van der Waals surface area contributed by atoms with Gasteiger partial charge in [0.05, 0.1) is 26.9 Å². The largest absolute Gasteiger partial charge is 0.493 e. The van der Waals surface area contributed by atoms with Crippen LogP contribution in [0.4, 0.5) is 5.69 Å². The molecule has 1 amide bonds. The number of benzene rings is 1. The van der Waals surface area contributed by atoms with E-state index < -0.39 is 0 Å². The van der Waals surface area contributed by atoms with Gasteiger partial charge in [0.1, 0.15) is 0 Å². The second kappa shape index (κ2) is 9.63. The Morgan fingerprint density at radius 2 is 1.88 bits per heavy atom. The first-order valence-corrected chi connectivity index (χ1v) is 8.87. The van der Waals surface area contributed by atoms with Gasteiger partial charge in [0.25, 0.3) is 0 Å². The molecule has 0 atom stereocenters. The number of carbonyl (C=O) groups excluding carboxylic acids is 1. The summed E-state index contributed by atoms with van der Waals surface area (Å²) >= 11 is 0. The molecule has 1 saturated heterocycles. The maximum Gasteiger partial charge on any atom is 0.238 e. The summed E-state index contributed by atoms with van der Waals surface area (Å²) in [6.07, 6.45) is 2.29. The van der Waals surface area contributed by atoms with Crippen LogP contribution in [0.3, 0.4) is 0 Å². The van der Waals surface area contributed by atoms with Crippen molar-refractivity contribution in [2.75, 3.05) is 45.8 Å². The quantitative estimate of drug-likeness (QED) is 0.781. The van der Waals surface area contributed by atoms with Crippen molar-refractivity contribution in [3.8, 4) is 11.5 Å². The van der Waals surface area contributed by atoms with Crippen molar-refractivity contribution in [2.24, 2.45) is 5.92 Å². The van der Waals surface area contributed by atoms with E-state index in [2.05, 4.69) is 24.1 Å². The van der Waals surface area contributed by atoms with Gasteiger partial charge in [-0.05, 0) is 30.9 Å². The Balaban J connectivity index is 1.78. The number of rotatable bonds is 8. The molecule has 140 valence electrons. The minimum atomic E-state index is -0.0197. The van der Waals surface area contributed by atoms with Gasteiger partial charge in [-0.3, -0.25) is 9.69 Å². The number of anilines is 1. The maximum absolute atomic E-state index is 12.3. The molecular formula is C19H30N2O4. The molecule has 0 aromatic heterocycles. The molecule has 0 unspecified atom stereocenters. The van der Waals surface area contributed by atoms with Crippen molar-refractivity contribution in [3.05, 3.63) is 18.2 Å². The molecule has 1 N–H and O–H groups in total. The lowest BCUT2D eigenvalue weighted by Crippen LogP contribution is -2.41. The van der Waals surface area contributed by atoms with E-state index in [9.17, 15) is 4.79 Å². The summed E-state index contributed by atoms with van der Waals surface area (Å²) in [6, 6.07) is 5.36. The third kappa shape index (κ3) is 6.21. The van der Waals surface area contributed by atoms with Crippen LogP contribution in [0.1, 0.15) is 26.7 Å². The van der Waals surface area contributed by atoms with Gasteiger partial charge < -0.3 is 19.5 Å². The summed E-state index contributed by atoms with van der Waals surface area (Å²) in [5, 5.41) is 2.92. The Morgan fingerprint density at radius 1 is 1.20 bits per heavy atom. The number of methoxy groups -OCH3 is 2. The predicted octanol–water partition coefficient (Wildman–Crippen LogP) is 2.78. The summed E-state index contributed by atoms with van der Waals surface area (Å²) in [5.41, 5.74) is 0.706. The first-order chi connectivity index (χ1) is 12.0. The molecule has 1 aromatic carbocycles. The number of carbonyl (C=O) groups is 1. The highest BCUT2D eigenvalue weighted by Gasteiger charge is 2.21. The first kappa shape index (κ1) is 19.5. The fraction of sp³-hybridized carbons (Fsp3) is 0.632. The Bertz CT molecular complexity index is 554. The van der Waals surface area contributed by atoms with Gasteiger partial charge in [-0.15, -0.1) is 0 Å². The van der Waals surface area contributed by atoms with Crippen LogP contribution in [0.25, 0.3) is 0 Å². The predicted molar refractivity (Wildman–Crippen MR) is 98.4 cm³/mol. The van der Waals surface area contributed by atoms with E-state index in [1.807, 2.05) is 6.07 Å². The van der Waals surface area contributed by atoms with Crippen molar-refractivity contribution < 1.29 is 19.0 Å². The number of ether oxygens (including phenoxy) is 3. The number of nitrogens with zero attached hydrogens (tertiary/aromatic N) is 1. The van der Waals surface area contributed by atoms with Gasteiger partial charge in [-0.2, -0.15) is 0 Å². The van der Waals surface area contributed by atoms with Crippen LogP contribution in [-0.4, -0.2) is 57.4 Å². The number of amides is 1. The highest BCUT2D eigenvalue weighted by molar-refractivity contribution is 5.92. The minimum Gasteiger partial charge on any atom is -0.493 e. The summed E-state index contributed by atoms with van der Waals surface area (Å²) in [4.78, 5) is 14.4. The summed E-state index contributed by atoms with van der Waals surface area (Å²) in [6.45, 7) is 7.31. The molecule has 0 aliphatic carbocycles. The number of hydrogen-bond donors (Lipinski definition) is 1. The highest BCUT2D eigenvalue weighted by Crippen LogP contribution is 2.29. The van der Waals surface area contributed by atoms with Gasteiger partial charge in [0, 0.05) is 31.5 Å². The summed E-state index contributed by atoms with van der Waals surface area (Å²) in [5.74, 6) is 1.78. The number of piperidine rings is 1. The second-order valence-corrected chi connectivity index (χ2v) is 6.82. The number of likely N-dealkylation sites (tertiary alicyclic amines) is 1. The van der Waals surface area contributed by atoms with Gasteiger partial charge in [0.2, 0.25) is 5.91 Å². The van der Waals surface area contributed by atoms with E-state index in [1.165, 1.54) is 0 Å². The van der Waals surface area contributed by atoms with Crippen molar-refractivity contribution in [1.82, 2.24) is 4.90 Å². The van der Waals surface area contributed by atoms with Crippen LogP contribution in [-0.2, 0) is 9.53 Å². The van der Waals surface area contributed by atoms with E-state index in [4.69, 9.17) is 14.2 Å². The molecular weight excluding hydrogens is 320 g/mol. The molecule has 1 heterocycles. The van der Waals surface area contributed by atoms with Crippen LogP contribution < -0.4 is 14.8 Å². The fourth-order valence-corrected chi connectivity index (χ4v) is 2.88. The van der Waals surface area contributed by atoms with Crippen LogP contribution in [0.2, 0.25) is 0 Å². The topological polar surface area (TPSA) is 60.0 Å². The van der Waals surface area contributed by atoms with E-state index >= 15 is 0 Å². The van der Waals surface area contributed by atoms with E-state index in [0.717, 1.165) is 32.5 Å². The zero-order valence-electron chi connectivity index (χ0n) is 15.7. The minimum absolute atomic E-state index is 0.0197. The molecule has 0 spiro atoms. The fourth-order valence-electron chi connectivity index (χ4n) is 2.88. The molecule has 0 saturated carbocycles. The van der Waals surface area contributed by atoms with E-state index in [-0.39, 0.29) is 5.91 Å². The lowest BCUT2D eigenvalue weighted by atomic mass is 10.1. The molecule has 2 rings (SSSR count). The SMILES string of the molecule is COc1ccc(NC(=O)CN2CCC(OCC(C)C)CC2)cc1OC. The third-order valence-electron chi connectivity index (χ3n) is 4.23. The van der Waals surface area contributed by atoms with Gasteiger partial charge in [0.15, 0.2) is 11.5 Å². The number of hydrogen-bond acceptors (Lipinski definition) is 5. The molecule has 0 radical (unpaired) electrons. The van der Waals surface area contributed by atoms with Gasteiger partial charge in [-0.1, -0.05) is 13.8 Å². The van der Waals surface area contributed by atoms with Gasteiger partial charge >= 0.3 is 0 Å². The average Bonchev–Trinajstić information content (AvgIpc) is 2.60. The highest BCUT2D eigenvalue weighted by atomic mass is 16.5. The van der Waals surface area contributed by atoms with Crippen molar-refractivity contribution in [2.45, 2.75) is 32.8 Å². The molecule has 1 fully saturated rings. The molecule has 1 aliphatic heterocycles. The Kier molecular flexibility index (Phi) is 7.52. The van der Waals surface area contributed by atoms with Crippen LogP contribution in [0, 0.1) is 5.92 Å². The monoisotopic (exact) mass is 350 g/mol. The first-order valence-electron chi connectivity index (χ1n) is 8.87. The summed E-state index contributed by atoms with van der Waals surface area (Å²) in [7, 11) is 3.17. The van der Waals surface area contributed by atoms with Crippen molar-refractivity contribution in [3.63, 3.8) is 0 Å². The molecule has 1 aromatic rings. The average molecular weight is 350 g/mol. The Labute approximate surface area is 150 Å². The maximum atomic E-state index is 12.3. The molecule has 1 aliphatic rings. The molecule has 6 nitrogen and oxygen atoms in total. The van der Waals surface area contributed by atoms with Gasteiger partial charge in [-0.25, -0.2) is 0 Å². The Hall–Kier alpha value is -1.79. The second-order valence-electron chi connectivity index (χ2n) is 6.82. The van der Waals surface area contributed by atoms with Crippen molar-refractivity contribution >= 4 is 11.6 Å². The van der Waals surface area contributed by atoms with Crippen molar-refractivity contribution in [1.29, 1.82) is 0 Å². The molecule has 6 heteroatoms. The van der Waals surface area contributed by atoms with Crippen LogP contribution in [0.5, 0.6) is 11.5 Å². The number of nitrogens with one attached hydrogen (secondary N) is 1. The summed E-state index contributed by atoms with van der Waals surface area (Å²) < 4.78 is 16.4. The third-order valence-corrected chi connectivity index (χ3v) is 4.23. The zero-order valence-corrected chi connectivity index (χ0v) is 15.7. The lowest BCUT2D eigenvalue weighted by molar-refractivity contribution is -0.118. The molecule has 25 heavy (non-hydrogen) atoms. The molecule has 0 bridgehead atoms. The lowest BCUT2D eigenvalue weighted by Gasteiger charge is -2.31. The zero-order chi connectivity index (χ0) is 18.2.